The minimum Gasteiger partial charge on any atom is -0.340 e. The van der Waals surface area contributed by atoms with Gasteiger partial charge < -0.3 is 10.6 Å². The number of anilines is 4. The average Bonchev–Trinajstić information content (AvgIpc) is 2.50. The number of aromatic nitrogens is 2. The van der Waals surface area contributed by atoms with Gasteiger partial charge in [0.25, 0.3) is 0 Å². The van der Waals surface area contributed by atoms with E-state index in [1.165, 1.54) is 12.4 Å². The first kappa shape index (κ1) is 14.5. The highest BCUT2D eigenvalue weighted by atomic mass is 79.9. The summed E-state index contributed by atoms with van der Waals surface area (Å²) in [6.45, 7) is 0. The summed E-state index contributed by atoms with van der Waals surface area (Å²) in [5.41, 5.74) is 1.26. The standard InChI is InChI=1S/C16H12BrFN4/c17-11-4-3-5-12(8-11)21-15-9-16(20-10-19-15)22-14-7-2-1-6-13(14)18/h1-10H,(H2,19,20,21,22). The summed E-state index contributed by atoms with van der Waals surface area (Å²) < 4.78 is 14.6. The molecule has 110 valence electrons. The van der Waals surface area contributed by atoms with Crippen molar-refractivity contribution in [2.45, 2.75) is 0 Å². The average molecular weight is 359 g/mol. The van der Waals surface area contributed by atoms with Crippen LogP contribution in [0.1, 0.15) is 0 Å². The molecule has 0 saturated carbocycles. The van der Waals surface area contributed by atoms with Crippen LogP contribution in [0.2, 0.25) is 0 Å². The Morgan fingerprint density at radius 2 is 1.64 bits per heavy atom. The predicted molar refractivity (Wildman–Crippen MR) is 89.1 cm³/mol. The van der Waals surface area contributed by atoms with Crippen LogP contribution in [0.25, 0.3) is 0 Å². The number of nitrogens with zero attached hydrogens (tertiary/aromatic N) is 2. The third-order valence-electron chi connectivity index (χ3n) is 2.90. The topological polar surface area (TPSA) is 49.8 Å². The van der Waals surface area contributed by atoms with Crippen molar-refractivity contribution in [3.8, 4) is 0 Å². The van der Waals surface area contributed by atoms with E-state index >= 15 is 0 Å². The third kappa shape index (κ3) is 3.59. The molecule has 0 radical (unpaired) electrons. The van der Waals surface area contributed by atoms with Gasteiger partial charge in [-0.05, 0) is 30.3 Å². The van der Waals surface area contributed by atoms with Gasteiger partial charge in [-0.2, -0.15) is 0 Å². The number of rotatable bonds is 4. The number of hydrogen-bond donors (Lipinski definition) is 2. The maximum atomic E-state index is 13.6. The van der Waals surface area contributed by atoms with E-state index < -0.39 is 0 Å². The zero-order valence-electron chi connectivity index (χ0n) is 11.4. The van der Waals surface area contributed by atoms with Crippen molar-refractivity contribution in [1.82, 2.24) is 9.97 Å². The van der Waals surface area contributed by atoms with E-state index in [1.54, 1.807) is 24.3 Å². The van der Waals surface area contributed by atoms with Crippen LogP contribution in [-0.4, -0.2) is 9.97 Å². The minimum atomic E-state index is -0.331. The molecule has 3 rings (SSSR count). The monoisotopic (exact) mass is 358 g/mol. The van der Waals surface area contributed by atoms with Crippen molar-refractivity contribution in [3.05, 3.63) is 71.2 Å². The Morgan fingerprint density at radius 3 is 2.41 bits per heavy atom. The van der Waals surface area contributed by atoms with E-state index in [0.717, 1.165) is 10.2 Å². The van der Waals surface area contributed by atoms with Crippen LogP contribution in [0.3, 0.4) is 0 Å². The van der Waals surface area contributed by atoms with Crippen molar-refractivity contribution >= 4 is 38.9 Å². The second kappa shape index (κ2) is 6.53. The molecular weight excluding hydrogens is 347 g/mol. The lowest BCUT2D eigenvalue weighted by Crippen LogP contribution is -1.99. The molecule has 0 aliphatic rings. The zero-order chi connectivity index (χ0) is 15.4. The molecule has 2 N–H and O–H groups in total. The fourth-order valence-corrected chi connectivity index (χ4v) is 2.31. The van der Waals surface area contributed by atoms with Crippen LogP contribution in [-0.2, 0) is 0 Å². The smallest absolute Gasteiger partial charge is 0.146 e. The van der Waals surface area contributed by atoms with Crippen LogP contribution in [0, 0.1) is 5.82 Å². The van der Waals surface area contributed by atoms with E-state index in [9.17, 15) is 4.39 Å². The van der Waals surface area contributed by atoms with Crippen molar-refractivity contribution < 1.29 is 4.39 Å². The molecule has 0 saturated heterocycles. The van der Waals surface area contributed by atoms with Crippen molar-refractivity contribution in [1.29, 1.82) is 0 Å². The van der Waals surface area contributed by atoms with E-state index in [1.807, 2.05) is 24.3 Å². The lowest BCUT2D eigenvalue weighted by Gasteiger charge is -2.09. The number of nitrogens with one attached hydrogen (secondary N) is 2. The fraction of sp³-hybridized carbons (Fsp3) is 0. The molecule has 0 aliphatic heterocycles. The zero-order valence-corrected chi connectivity index (χ0v) is 13.0. The van der Waals surface area contributed by atoms with Gasteiger partial charge in [-0.25, -0.2) is 14.4 Å². The molecule has 4 nitrogen and oxygen atoms in total. The Morgan fingerprint density at radius 1 is 0.864 bits per heavy atom. The van der Waals surface area contributed by atoms with Gasteiger partial charge in [0.05, 0.1) is 5.69 Å². The highest BCUT2D eigenvalue weighted by Crippen LogP contribution is 2.22. The van der Waals surface area contributed by atoms with Crippen LogP contribution < -0.4 is 10.6 Å². The van der Waals surface area contributed by atoms with Gasteiger partial charge in [0.2, 0.25) is 0 Å². The number of halogens is 2. The first-order valence-corrected chi connectivity index (χ1v) is 7.36. The van der Waals surface area contributed by atoms with Crippen molar-refractivity contribution in [3.63, 3.8) is 0 Å². The van der Waals surface area contributed by atoms with Gasteiger partial charge in [0, 0.05) is 16.2 Å². The molecule has 0 atom stereocenters. The predicted octanol–water partition coefficient (Wildman–Crippen LogP) is 4.87. The number of benzene rings is 2. The van der Waals surface area contributed by atoms with Gasteiger partial charge >= 0.3 is 0 Å². The van der Waals surface area contributed by atoms with Crippen molar-refractivity contribution in [2.75, 3.05) is 10.6 Å². The normalized spacial score (nSPS) is 10.3. The summed E-state index contributed by atoms with van der Waals surface area (Å²) in [5, 5.41) is 6.11. The van der Waals surface area contributed by atoms with Gasteiger partial charge in [0.15, 0.2) is 0 Å². The van der Waals surface area contributed by atoms with Gasteiger partial charge in [-0.1, -0.05) is 34.1 Å². The number of hydrogen-bond acceptors (Lipinski definition) is 4. The van der Waals surface area contributed by atoms with Gasteiger partial charge in [0.1, 0.15) is 23.8 Å². The van der Waals surface area contributed by atoms with E-state index in [-0.39, 0.29) is 5.82 Å². The third-order valence-corrected chi connectivity index (χ3v) is 3.39. The lowest BCUT2D eigenvalue weighted by molar-refractivity contribution is 0.632. The molecule has 3 aromatic rings. The van der Waals surface area contributed by atoms with Gasteiger partial charge in [-0.3, -0.25) is 0 Å². The Kier molecular flexibility index (Phi) is 4.29. The summed E-state index contributed by atoms with van der Waals surface area (Å²) >= 11 is 3.42. The molecule has 1 heterocycles. The largest absolute Gasteiger partial charge is 0.340 e. The second-order valence-corrected chi connectivity index (χ2v) is 5.44. The highest BCUT2D eigenvalue weighted by Gasteiger charge is 2.04. The maximum absolute atomic E-state index is 13.6. The molecule has 0 bridgehead atoms. The first-order valence-electron chi connectivity index (χ1n) is 6.57. The van der Waals surface area contributed by atoms with E-state index in [0.29, 0.717) is 17.3 Å². The first-order chi connectivity index (χ1) is 10.7. The van der Waals surface area contributed by atoms with E-state index in [2.05, 4.69) is 36.5 Å². The molecule has 1 aromatic heterocycles. The Bertz CT molecular complexity index is 794. The molecule has 0 amide bonds. The minimum absolute atomic E-state index is 0.331. The molecular formula is C16H12BrFN4. The molecule has 0 aliphatic carbocycles. The summed E-state index contributed by atoms with van der Waals surface area (Å²) in [7, 11) is 0. The lowest BCUT2D eigenvalue weighted by atomic mass is 10.3. The van der Waals surface area contributed by atoms with Crippen LogP contribution >= 0.6 is 15.9 Å². The van der Waals surface area contributed by atoms with Crippen LogP contribution in [0.15, 0.2) is 65.4 Å². The molecule has 0 fully saturated rings. The summed E-state index contributed by atoms with van der Waals surface area (Å²) in [6, 6.07) is 15.9. The molecule has 6 heteroatoms. The van der Waals surface area contributed by atoms with Crippen LogP contribution in [0.5, 0.6) is 0 Å². The van der Waals surface area contributed by atoms with Gasteiger partial charge in [-0.15, -0.1) is 0 Å². The summed E-state index contributed by atoms with van der Waals surface area (Å²) in [5.74, 6) is 0.798. The Labute approximate surface area is 135 Å². The summed E-state index contributed by atoms with van der Waals surface area (Å²) in [6.07, 6.45) is 1.42. The van der Waals surface area contributed by atoms with Crippen LogP contribution in [0.4, 0.5) is 27.4 Å². The Balaban J connectivity index is 1.79. The maximum Gasteiger partial charge on any atom is 0.146 e. The molecule has 2 aromatic carbocycles. The molecule has 0 spiro atoms. The SMILES string of the molecule is Fc1ccccc1Nc1cc(Nc2cccc(Br)c2)ncn1. The fourth-order valence-electron chi connectivity index (χ4n) is 1.91. The number of para-hydroxylation sites is 1. The highest BCUT2D eigenvalue weighted by molar-refractivity contribution is 9.10. The van der Waals surface area contributed by atoms with E-state index in [4.69, 9.17) is 0 Å². The Hall–Kier alpha value is -2.47. The molecule has 22 heavy (non-hydrogen) atoms. The van der Waals surface area contributed by atoms with Crippen molar-refractivity contribution in [2.24, 2.45) is 0 Å². The quantitative estimate of drug-likeness (QED) is 0.698. The molecule has 0 unspecified atom stereocenters. The summed E-state index contributed by atoms with van der Waals surface area (Å²) in [4.78, 5) is 8.25. The second-order valence-electron chi connectivity index (χ2n) is 4.53.